The third-order valence-electron chi connectivity index (χ3n) is 3.85. The molecule has 0 spiro atoms. The molecule has 3 heteroatoms. The summed E-state index contributed by atoms with van der Waals surface area (Å²) in [6, 6.07) is 12.0. The molecule has 2 aromatic rings. The lowest BCUT2D eigenvalue weighted by Gasteiger charge is -2.26. The highest BCUT2D eigenvalue weighted by atomic mass is 32.2. The predicted octanol–water partition coefficient (Wildman–Crippen LogP) is 4.77. The molecule has 0 bridgehead atoms. The van der Waals surface area contributed by atoms with Crippen LogP contribution in [0.2, 0.25) is 0 Å². The van der Waals surface area contributed by atoms with Crippen molar-refractivity contribution in [2.45, 2.75) is 37.8 Å². The summed E-state index contributed by atoms with van der Waals surface area (Å²) < 4.78 is 13.5. The van der Waals surface area contributed by atoms with Crippen molar-refractivity contribution in [1.82, 2.24) is 5.32 Å². The molecule has 1 aliphatic heterocycles. The van der Waals surface area contributed by atoms with E-state index in [2.05, 4.69) is 37.4 Å². The summed E-state index contributed by atoms with van der Waals surface area (Å²) >= 11 is 1.82. The Morgan fingerprint density at radius 1 is 1.14 bits per heavy atom. The van der Waals surface area contributed by atoms with Gasteiger partial charge < -0.3 is 5.32 Å². The highest BCUT2D eigenvalue weighted by Gasteiger charge is 2.20. The van der Waals surface area contributed by atoms with Gasteiger partial charge in [0.1, 0.15) is 5.82 Å². The van der Waals surface area contributed by atoms with Crippen molar-refractivity contribution < 1.29 is 4.39 Å². The Kier molecular flexibility index (Phi) is 4.32. The Balaban J connectivity index is 1.76. The van der Waals surface area contributed by atoms with Crippen LogP contribution in [0.15, 0.2) is 41.3 Å². The van der Waals surface area contributed by atoms with Crippen LogP contribution in [0.25, 0.3) is 0 Å². The van der Waals surface area contributed by atoms with Crippen molar-refractivity contribution >= 4 is 11.8 Å². The molecular formula is C18H20FNS. The summed E-state index contributed by atoms with van der Waals surface area (Å²) in [4.78, 5) is 1.21. The minimum absolute atomic E-state index is 0.144. The van der Waals surface area contributed by atoms with Crippen molar-refractivity contribution in [3.63, 3.8) is 0 Å². The lowest BCUT2D eigenvalue weighted by Crippen LogP contribution is -2.24. The predicted molar refractivity (Wildman–Crippen MR) is 87.2 cm³/mol. The van der Waals surface area contributed by atoms with Gasteiger partial charge in [0, 0.05) is 17.5 Å². The molecule has 0 amide bonds. The summed E-state index contributed by atoms with van der Waals surface area (Å²) in [5, 5.41) is 3.60. The monoisotopic (exact) mass is 301 g/mol. The summed E-state index contributed by atoms with van der Waals surface area (Å²) in [7, 11) is 0. The highest BCUT2D eigenvalue weighted by molar-refractivity contribution is 7.99. The maximum Gasteiger partial charge on any atom is 0.123 e. The van der Waals surface area contributed by atoms with Crippen molar-refractivity contribution in [3.05, 3.63) is 64.5 Å². The van der Waals surface area contributed by atoms with E-state index in [0.717, 1.165) is 24.3 Å². The van der Waals surface area contributed by atoms with Gasteiger partial charge in [0.05, 0.1) is 0 Å². The van der Waals surface area contributed by atoms with Crippen molar-refractivity contribution in [2.24, 2.45) is 0 Å². The first-order valence-electron chi connectivity index (χ1n) is 7.34. The number of thioether (sulfide) groups is 1. The Morgan fingerprint density at radius 3 is 2.67 bits per heavy atom. The van der Waals surface area contributed by atoms with Crippen LogP contribution in [0.4, 0.5) is 4.39 Å². The average molecular weight is 301 g/mol. The van der Waals surface area contributed by atoms with Crippen molar-refractivity contribution in [1.29, 1.82) is 0 Å². The number of benzene rings is 2. The van der Waals surface area contributed by atoms with E-state index in [1.165, 1.54) is 21.6 Å². The van der Waals surface area contributed by atoms with E-state index in [-0.39, 0.29) is 11.9 Å². The van der Waals surface area contributed by atoms with Crippen LogP contribution < -0.4 is 5.32 Å². The van der Waals surface area contributed by atoms with Crippen LogP contribution in [-0.2, 0) is 6.54 Å². The van der Waals surface area contributed by atoms with Gasteiger partial charge >= 0.3 is 0 Å². The molecule has 1 atom stereocenters. The van der Waals surface area contributed by atoms with Gasteiger partial charge in [-0.3, -0.25) is 0 Å². The van der Waals surface area contributed by atoms with E-state index in [1.807, 2.05) is 17.8 Å². The Morgan fingerprint density at radius 2 is 1.90 bits per heavy atom. The van der Waals surface area contributed by atoms with E-state index in [0.29, 0.717) is 0 Å². The molecular weight excluding hydrogens is 281 g/mol. The first-order chi connectivity index (χ1) is 10.1. The van der Waals surface area contributed by atoms with E-state index < -0.39 is 0 Å². The quantitative estimate of drug-likeness (QED) is 0.876. The smallest absolute Gasteiger partial charge is 0.123 e. The van der Waals surface area contributed by atoms with Gasteiger partial charge in [-0.2, -0.15) is 0 Å². The molecule has 0 radical (unpaired) electrons. The maximum atomic E-state index is 13.5. The van der Waals surface area contributed by atoms with Crippen molar-refractivity contribution in [2.75, 3.05) is 5.75 Å². The third-order valence-corrected chi connectivity index (χ3v) is 4.97. The Bertz CT molecular complexity index is 633. The van der Waals surface area contributed by atoms with Crippen LogP contribution in [0.1, 0.15) is 34.7 Å². The summed E-state index contributed by atoms with van der Waals surface area (Å²) in [5.74, 6) is 0.942. The molecule has 1 aliphatic rings. The first kappa shape index (κ1) is 14.6. The second kappa shape index (κ2) is 6.20. The summed E-state index contributed by atoms with van der Waals surface area (Å²) in [5.41, 5.74) is 4.98. The van der Waals surface area contributed by atoms with Gasteiger partial charge in [-0.05, 0) is 55.3 Å². The molecule has 3 rings (SSSR count). The number of aryl methyl sites for hydroxylation is 2. The molecule has 1 N–H and O–H groups in total. The second-order valence-electron chi connectivity index (χ2n) is 5.75. The van der Waals surface area contributed by atoms with Crippen LogP contribution in [0, 0.1) is 19.7 Å². The van der Waals surface area contributed by atoms with E-state index >= 15 is 0 Å². The second-order valence-corrected chi connectivity index (χ2v) is 6.89. The molecule has 0 saturated carbocycles. The standard InChI is InChI=1S/C18H20FNS/c1-12-7-13(2)9-14(8-12)11-20-17-5-6-21-18-4-3-15(19)10-16(17)18/h3-4,7-10,17,20H,5-6,11H2,1-2H3. The molecule has 0 aromatic heterocycles. The van der Waals surface area contributed by atoms with Gasteiger partial charge in [0.2, 0.25) is 0 Å². The molecule has 0 aliphatic carbocycles. The summed E-state index contributed by atoms with van der Waals surface area (Å²) in [6.45, 7) is 5.07. The number of rotatable bonds is 3. The molecule has 1 unspecified atom stereocenters. The molecule has 2 aromatic carbocycles. The first-order valence-corrected chi connectivity index (χ1v) is 8.33. The SMILES string of the molecule is Cc1cc(C)cc(CNC2CCSc3ccc(F)cc32)c1. The summed E-state index contributed by atoms with van der Waals surface area (Å²) in [6.07, 6.45) is 1.05. The zero-order valence-corrected chi connectivity index (χ0v) is 13.3. The zero-order valence-electron chi connectivity index (χ0n) is 12.4. The normalized spacial score (nSPS) is 17.6. The van der Waals surface area contributed by atoms with Gasteiger partial charge in [0.25, 0.3) is 0 Å². The molecule has 1 heterocycles. The fourth-order valence-electron chi connectivity index (χ4n) is 2.99. The molecule has 21 heavy (non-hydrogen) atoms. The average Bonchev–Trinajstić information content (AvgIpc) is 2.44. The molecule has 0 fully saturated rings. The van der Waals surface area contributed by atoms with Gasteiger partial charge in [-0.25, -0.2) is 4.39 Å². The zero-order chi connectivity index (χ0) is 14.8. The fraction of sp³-hybridized carbons (Fsp3) is 0.333. The van der Waals surface area contributed by atoms with Crippen LogP contribution in [-0.4, -0.2) is 5.75 Å². The van der Waals surface area contributed by atoms with Gasteiger partial charge in [-0.15, -0.1) is 11.8 Å². The van der Waals surface area contributed by atoms with Crippen molar-refractivity contribution in [3.8, 4) is 0 Å². The van der Waals surface area contributed by atoms with E-state index in [4.69, 9.17) is 0 Å². The lowest BCUT2D eigenvalue weighted by atomic mass is 10.0. The largest absolute Gasteiger partial charge is 0.306 e. The number of hydrogen-bond acceptors (Lipinski definition) is 2. The number of fused-ring (bicyclic) bond motifs is 1. The molecule has 110 valence electrons. The lowest BCUT2D eigenvalue weighted by molar-refractivity contribution is 0.504. The number of halogens is 1. The van der Waals surface area contributed by atoms with E-state index in [9.17, 15) is 4.39 Å². The van der Waals surface area contributed by atoms with Gasteiger partial charge in [0.15, 0.2) is 0 Å². The third kappa shape index (κ3) is 3.47. The van der Waals surface area contributed by atoms with Gasteiger partial charge in [-0.1, -0.05) is 29.3 Å². The fourth-order valence-corrected chi connectivity index (χ4v) is 4.10. The number of hydrogen-bond donors (Lipinski definition) is 1. The maximum absolute atomic E-state index is 13.5. The minimum Gasteiger partial charge on any atom is -0.306 e. The van der Waals surface area contributed by atoms with E-state index in [1.54, 1.807) is 12.1 Å². The minimum atomic E-state index is -0.144. The molecule has 1 nitrogen and oxygen atoms in total. The van der Waals surface area contributed by atoms with Crippen LogP contribution in [0.3, 0.4) is 0 Å². The highest BCUT2D eigenvalue weighted by Crippen LogP contribution is 2.36. The van der Waals surface area contributed by atoms with Crippen LogP contribution in [0.5, 0.6) is 0 Å². The Labute approximate surface area is 130 Å². The topological polar surface area (TPSA) is 12.0 Å². The van der Waals surface area contributed by atoms with Crippen LogP contribution >= 0.6 is 11.8 Å². The molecule has 0 saturated heterocycles. The Hall–Kier alpha value is -1.32. The number of nitrogens with one attached hydrogen (secondary N) is 1.